The molecule has 0 aromatic carbocycles. The number of hydrogen-bond donors (Lipinski definition) is 3. The number of carboxylic acid groups (broad SMARTS) is 1. The molecule has 6 heteroatoms. The van der Waals surface area contributed by atoms with Crippen molar-refractivity contribution in [1.29, 1.82) is 0 Å². The summed E-state index contributed by atoms with van der Waals surface area (Å²) in [6.07, 6.45) is 1.53. The molecule has 16 heavy (non-hydrogen) atoms. The molecule has 2 unspecified atom stereocenters. The number of likely N-dealkylation sites (tertiary alicyclic amines) is 1. The Hall–Kier alpha value is -1.14. The van der Waals surface area contributed by atoms with Gasteiger partial charge in [-0.05, 0) is 26.3 Å². The van der Waals surface area contributed by atoms with Gasteiger partial charge in [0, 0.05) is 13.1 Å². The monoisotopic (exact) mass is 230 g/mol. The van der Waals surface area contributed by atoms with E-state index in [0.29, 0.717) is 13.1 Å². The summed E-state index contributed by atoms with van der Waals surface area (Å²) in [6.45, 7) is 2.39. The second-order valence-electron chi connectivity index (χ2n) is 4.56. The van der Waals surface area contributed by atoms with Crippen LogP contribution in [0, 0.1) is 5.92 Å². The number of aliphatic hydroxyl groups is 1. The molecular formula is C10H18N2O4. The van der Waals surface area contributed by atoms with Crippen LogP contribution >= 0.6 is 0 Å². The van der Waals surface area contributed by atoms with Crippen molar-refractivity contribution in [1.82, 2.24) is 4.90 Å². The van der Waals surface area contributed by atoms with Crippen LogP contribution in [0.3, 0.4) is 0 Å². The van der Waals surface area contributed by atoms with E-state index in [1.165, 1.54) is 6.92 Å². The summed E-state index contributed by atoms with van der Waals surface area (Å²) < 4.78 is 0. The van der Waals surface area contributed by atoms with E-state index in [1.807, 2.05) is 0 Å². The number of rotatable bonds is 4. The molecule has 92 valence electrons. The minimum Gasteiger partial charge on any atom is -0.479 e. The van der Waals surface area contributed by atoms with Crippen LogP contribution in [-0.2, 0) is 9.59 Å². The Bertz CT molecular complexity index is 291. The van der Waals surface area contributed by atoms with Crippen LogP contribution in [-0.4, -0.2) is 52.2 Å². The summed E-state index contributed by atoms with van der Waals surface area (Å²) in [5.41, 5.74) is 3.43. The smallest absolute Gasteiger partial charge is 0.336 e. The Kier molecular flexibility index (Phi) is 3.88. The predicted molar refractivity (Wildman–Crippen MR) is 56.6 cm³/mol. The number of β-amino-alcohol motifs (C(OH)–C–C–N with tert-alkyl or cyclic N) is 1. The fourth-order valence-corrected chi connectivity index (χ4v) is 1.93. The topological polar surface area (TPSA) is 104 Å². The molecule has 0 radical (unpaired) electrons. The lowest BCUT2D eigenvalue weighted by atomic mass is 9.96. The van der Waals surface area contributed by atoms with Crippen molar-refractivity contribution in [3.05, 3.63) is 0 Å². The Labute approximate surface area is 94.0 Å². The van der Waals surface area contributed by atoms with Gasteiger partial charge in [0.05, 0.1) is 5.92 Å². The van der Waals surface area contributed by atoms with Gasteiger partial charge >= 0.3 is 5.97 Å². The van der Waals surface area contributed by atoms with Crippen LogP contribution in [0.15, 0.2) is 0 Å². The number of aliphatic carboxylic acids is 1. The number of nitrogens with two attached hydrogens (primary N) is 1. The summed E-state index contributed by atoms with van der Waals surface area (Å²) >= 11 is 0. The van der Waals surface area contributed by atoms with E-state index in [1.54, 1.807) is 4.90 Å². The lowest BCUT2D eigenvalue weighted by Crippen LogP contribution is -2.51. The first-order valence-electron chi connectivity index (χ1n) is 5.30. The number of carboxylic acids is 1. The molecule has 0 aromatic rings. The molecule has 6 nitrogen and oxygen atoms in total. The van der Waals surface area contributed by atoms with Gasteiger partial charge in [-0.1, -0.05) is 0 Å². The fourth-order valence-electron chi connectivity index (χ4n) is 1.93. The molecule has 1 heterocycles. The van der Waals surface area contributed by atoms with Crippen molar-refractivity contribution in [2.45, 2.75) is 25.4 Å². The molecular weight excluding hydrogens is 212 g/mol. The highest BCUT2D eigenvalue weighted by Crippen LogP contribution is 2.18. The predicted octanol–water partition coefficient (Wildman–Crippen LogP) is -0.981. The zero-order chi connectivity index (χ0) is 12.3. The first kappa shape index (κ1) is 12.9. The molecule has 0 aliphatic carbocycles. The maximum Gasteiger partial charge on any atom is 0.336 e. The van der Waals surface area contributed by atoms with E-state index < -0.39 is 11.6 Å². The lowest BCUT2D eigenvalue weighted by Gasteiger charge is -2.34. The van der Waals surface area contributed by atoms with Crippen LogP contribution in [0.4, 0.5) is 0 Å². The van der Waals surface area contributed by atoms with E-state index in [4.69, 9.17) is 10.8 Å². The summed E-state index contributed by atoms with van der Waals surface area (Å²) in [5, 5.41) is 18.4. The first-order chi connectivity index (χ1) is 7.33. The highest BCUT2D eigenvalue weighted by atomic mass is 16.4. The standard InChI is InChI=1S/C10H18N2O4/c1-10(16,9(14)15)6-12-4-2-3-7(5-12)8(11)13/h7,16H,2-6H2,1H3,(H2,11,13)(H,14,15). The maximum atomic E-state index is 11.0. The number of hydrogen-bond acceptors (Lipinski definition) is 4. The van der Waals surface area contributed by atoms with E-state index in [-0.39, 0.29) is 18.4 Å². The fraction of sp³-hybridized carbons (Fsp3) is 0.800. The van der Waals surface area contributed by atoms with E-state index in [0.717, 1.165) is 12.8 Å². The Balaban J connectivity index is 2.55. The normalized spacial score (nSPS) is 26.0. The lowest BCUT2D eigenvalue weighted by molar-refractivity contribution is -0.158. The first-order valence-corrected chi connectivity index (χ1v) is 5.30. The minimum absolute atomic E-state index is 0.0200. The molecule has 4 N–H and O–H groups in total. The summed E-state index contributed by atoms with van der Waals surface area (Å²) in [5.74, 6) is -1.85. The Morgan fingerprint density at radius 3 is 2.69 bits per heavy atom. The molecule has 1 saturated heterocycles. The van der Waals surface area contributed by atoms with Gasteiger partial charge in [-0.3, -0.25) is 9.69 Å². The van der Waals surface area contributed by atoms with Gasteiger partial charge in [0.25, 0.3) is 0 Å². The summed E-state index contributed by atoms with van der Waals surface area (Å²) in [6, 6.07) is 0. The van der Waals surface area contributed by atoms with Gasteiger partial charge in [0.2, 0.25) is 5.91 Å². The second-order valence-corrected chi connectivity index (χ2v) is 4.56. The second kappa shape index (κ2) is 4.80. The minimum atomic E-state index is -1.78. The third-order valence-corrected chi connectivity index (χ3v) is 2.90. The van der Waals surface area contributed by atoms with Gasteiger partial charge in [-0.2, -0.15) is 0 Å². The Morgan fingerprint density at radius 2 is 2.19 bits per heavy atom. The molecule has 1 rings (SSSR count). The molecule has 1 amide bonds. The summed E-state index contributed by atoms with van der Waals surface area (Å²) in [4.78, 5) is 23.5. The van der Waals surface area contributed by atoms with Crippen molar-refractivity contribution in [3.8, 4) is 0 Å². The number of carbonyl (C=O) groups excluding carboxylic acids is 1. The molecule has 2 atom stereocenters. The third kappa shape index (κ3) is 3.18. The number of amides is 1. The third-order valence-electron chi connectivity index (χ3n) is 2.90. The van der Waals surface area contributed by atoms with E-state index in [2.05, 4.69) is 0 Å². The SMILES string of the molecule is CC(O)(CN1CCCC(C(N)=O)C1)C(=O)O. The van der Waals surface area contributed by atoms with E-state index >= 15 is 0 Å². The van der Waals surface area contributed by atoms with Crippen molar-refractivity contribution >= 4 is 11.9 Å². The van der Waals surface area contributed by atoms with Crippen molar-refractivity contribution in [2.24, 2.45) is 11.7 Å². The average molecular weight is 230 g/mol. The molecule has 1 aliphatic rings. The molecule has 1 aliphatic heterocycles. The number of primary amides is 1. The number of nitrogens with zero attached hydrogens (tertiary/aromatic N) is 1. The van der Waals surface area contributed by atoms with Crippen LogP contribution in [0.2, 0.25) is 0 Å². The van der Waals surface area contributed by atoms with Gasteiger partial charge in [-0.25, -0.2) is 4.79 Å². The van der Waals surface area contributed by atoms with Crippen LogP contribution in [0.25, 0.3) is 0 Å². The zero-order valence-electron chi connectivity index (χ0n) is 9.35. The molecule has 0 saturated carbocycles. The van der Waals surface area contributed by atoms with Gasteiger partial charge in [0.1, 0.15) is 0 Å². The quantitative estimate of drug-likeness (QED) is 0.576. The van der Waals surface area contributed by atoms with Crippen LogP contribution in [0.5, 0.6) is 0 Å². The molecule has 0 aromatic heterocycles. The average Bonchev–Trinajstić information content (AvgIpc) is 2.17. The molecule has 0 bridgehead atoms. The van der Waals surface area contributed by atoms with Gasteiger partial charge < -0.3 is 15.9 Å². The summed E-state index contributed by atoms with van der Waals surface area (Å²) in [7, 11) is 0. The highest BCUT2D eigenvalue weighted by Gasteiger charge is 2.34. The zero-order valence-corrected chi connectivity index (χ0v) is 9.35. The van der Waals surface area contributed by atoms with Crippen molar-refractivity contribution in [3.63, 3.8) is 0 Å². The number of piperidine rings is 1. The largest absolute Gasteiger partial charge is 0.479 e. The van der Waals surface area contributed by atoms with Gasteiger partial charge in [-0.15, -0.1) is 0 Å². The van der Waals surface area contributed by atoms with Crippen molar-refractivity contribution in [2.75, 3.05) is 19.6 Å². The van der Waals surface area contributed by atoms with Gasteiger partial charge in [0.15, 0.2) is 5.60 Å². The Morgan fingerprint density at radius 1 is 1.56 bits per heavy atom. The maximum absolute atomic E-state index is 11.0. The van der Waals surface area contributed by atoms with Crippen LogP contribution in [0.1, 0.15) is 19.8 Å². The molecule has 1 fully saturated rings. The van der Waals surface area contributed by atoms with E-state index in [9.17, 15) is 14.7 Å². The number of carbonyl (C=O) groups is 2. The highest BCUT2D eigenvalue weighted by molar-refractivity contribution is 5.77. The molecule has 0 spiro atoms. The van der Waals surface area contributed by atoms with Crippen molar-refractivity contribution < 1.29 is 19.8 Å². The van der Waals surface area contributed by atoms with Crippen LogP contribution < -0.4 is 5.73 Å².